The molecule has 8 rings (SSSR count). The second-order valence-electron chi connectivity index (χ2n) is 13.3. The van der Waals surface area contributed by atoms with Crippen LogP contribution in [0.3, 0.4) is 0 Å². The number of nitrogens with one attached hydrogen (secondary N) is 2. The number of fused-ring (bicyclic) bond motifs is 2. The third-order valence-corrected chi connectivity index (χ3v) is 9.74. The van der Waals surface area contributed by atoms with Crippen LogP contribution in [0.2, 0.25) is 0 Å². The molecule has 0 bridgehead atoms. The van der Waals surface area contributed by atoms with Crippen LogP contribution in [0.5, 0.6) is 34.5 Å². The van der Waals surface area contributed by atoms with Gasteiger partial charge in [0.25, 0.3) is 11.8 Å². The zero-order valence-electron chi connectivity index (χ0n) is 32.6. The maximum Gasteiger partial charge on any atom is 0.256 e. The Balaban J connectivity index is 0.953. The third-order valence-electron chi connectivity index (χ3n) is 9.74. The van der Waals surface area contributed by atoms with Crippen LogP contribution in [0, 0.1) is 0 Å². The minimum absolute atomic E-state index is 0.284. The van der Waals surface area contributed by atoms with Crippen LogP contribution in [-0.2, 0) is 0 Å². The highest BCUT2D eigenvalue weighted by Crippen LogP contribution is 2.35. The molecule has 11 heteroatoms. The van der Waals surface area contributed by atoms with Crippen molar-refractivity contribution in [1.82, 2.24) is 9.97 Å². The van der Waals surface area contributed by atoms with Gasteiger partial charge in [0.2, 0.25) is 0 Å². The number of hydrogen-bond acceptors (Lipinski definition) is 9. The lowest BCUT2D eigenvalue weighted by molar-refractivity contribution is 0.102. The molecule has 0 aliphatic heterocycles. The van der Waals surface area contributed by atoms with E-state index in [1.165, 1.54) is 0 Å². The highest BCUT2D eigenvalue weighted by Gasteiger charge is 2.18. The van der Waals surface area contributed by atoms with E-state index in [0.29, 0.717) is 79.4 Å². The Morgan fingerprint density at radius 1 is 0.441 bits per heavy atom. The zero-order valence-corrected chi connectivity index (χ0v) is 32.6. The second kappa shape index (κ2) is 16.7. The number of benzene rings is 6. The van der Waals surface area contributed by atoms with E-state index >= 15 is 0 Å². The molecule has 0 fully saturated rings. The molecule has 292 valence electrons. The summed E-state index contributed by atoms with van der Waals surface area (Å²) in [6.45, 7) is 0. The summed E-state index contributed by atoms with van der Waals surface area (Å²) >= 11 is 0. The average molecular weight is 783 g/mol. The van der Waals surface area contributed by atoms with Crippen molar-refractivity contribution >= 4 is 45.0 Å². The zero-order chi connectivity index (χ0) is 40.9. The number of hydrogen-bond donors (Lipinski definition) is 2. The highest BCUT2D eigenvalue weighted by molar-refractivity contribution is 6.14. The molecule has 0 saturated carbocycles. The van der Waals surface area contributed by atoms with Crippen molar-refractivity contribution in [3.8, 4) is 57.0 Å². The normalized spacial score (nSPS) is 10.8. The predicted molar refractivity (Wildman–Crippen MR) is 229 cm³/mol. The van der Waals surface area contributed by atoms with Crippen LogP contribution < -0.4 is 34.3 Å². The summed E-state index contributed by atoms with van der Waals surface area (Å²) in [6, 6.07) is 43.8. The van der Waals surface area contributed by atoms with Crippen LogP contribution in [0.15, 0.2) is 146 Å². The molecule has 6 aromatic carbocycles. The van der Waals surface area contributed by atoms with Crippen molar-refractivity contribution in [1.29, 1.82) is 0 Å². The first-order valence-electron chi connectivity index (χ1n) is 18.6. The summed E-state index contributed by atoms with van der Waals surface area (Å²) in [4.78, 5) is 37.1. The number of aromatic nitrogens is 2. The number of pyridine rings is 2. The molecule has 0 atom stereocenters. The molecule has 0 radical (unpaired) electrons. The maximum absolute atomic E-state index is 13.7. The molecule has 2 heterocycles. The van der Waals surface area contributed by atoms with Gasteiger partial charge in [-0.25, -0.2) is 9.97 Å². The Morgan fingerprint density at radius 3 is 1.22 bits per heavy atom. The van der Waals surface area contributed by atoms with Gasteiger partial charge in [-0.2, -0.15) is 0 Å². The summed E-state index contributed by atoms with van der Waals surface area (Å²) in [5.74, 6) is 2.89. The van der Waals surface area contributed by atoms with E-state index in [-0.39, 0.29) is 11.8 Å². The van der Waals surface area contributed by atoms with E-state index in [1.54, 1.807) is 89.1 Å². The Kier molecular flexibility index (Phi) is 10.7. The van der Waals surface area contributed by atoms with Crippen LogP contribution in [-0.4, -0.2) is 50.2 Å². The molecule has 8 aromatic rings. The van der Waals surface area contributed by atoms with E-state index < -0.39 is 0 Å². The van der Waals surface area contributed by atoms with Gasteiger partial charge in [-0.3, -0.25) is 9.59 Å². The fourth-order valence-corrected chi connectivity index (χ4v) is 6.76. The molecule has 2 N–H and O–H groups in total. The summed E-state index contributed by atoms with van der Waals surface area (Å²) in [7, 11) is 6.32. The molecule has 2 aromatic heterocycles. The third kappa shape index (κ3) is 8.03. The molecule has 59 heavy (non-hydrogen) atoms. The number of para-hydroxylation sites is 2. The Hall–Kier alpha value is -7.92. The minimum atomic E-state index is -0.284. The van der Waals surface area contributed by atoms with Gasteiger partial charge in [0, 0.05) is 33.3 Å². The summed E-state index contributed by atoms with van der Waals surface area (Å²) < 4.78 is 27.9. The van der Waals surface area contributed by atoms with Crippen LogP contribution in [0.4, 0.5) is 11.4 Å². The number of carbonyl (C=O) groups excluding carboxylic acids is 2. The van der Waals surface area contributed by atoms with Gasteiger partial charge >= 0.3 is 0 Å². The first-order chi connectivity index (χ1) is 28.8. The van der Waals surface area contributed by atoms with Gasteiger partial charge < -0.3 is 34.3 Å². The van der Waals surface area contributed by atoms with Gasteiger partial charge in [-0.05, 0) is 109 Å². The van der Waals surface area contributed by atoms with Crippen molar-refractivity contribution in [2.45, 2.75) is 0 Å². The number of amides is 2. The molecular weight excluding hydrogens is 745 g/mol. The number of nitrogens with zero attached hydrogens (tertiary/aromatic N) is 2. The van der Waals surface area contributed by atoms with Gasteiger partial charge in [-0.1, -0.05) is 36.4 Å². The monoisotopic (exact) mass is 782 g/mol. The van der Waals surface area contributed by atoms with Crippen LogP contribution >= 0.6 is 0 Å². The Labute approximate surface area is 340 Å². The topological polar surface area (TPSA) is 130 Å². The molecule has 0 saturated heterocycles. The summed E-state index contributed by atoms with van der Waals surface area (Å²) in [5.41, 5.74) is 6.30. The fourth-order valence-electron chi connectivity index (χ4n) is 6.76. The molecule has 0 unspecified atom stereocenters. The largest absolute Gasteiger partial charge is 0.493 e. The smallest absolute Gasteiger partial charge is 0.256 e. The summed E-state index contributed by atoms with van der Waals surface area (Å²) in [5, 5.41) is 7.47. The average Bonchev–Trinajstić information content (AvgIpc) is 3.28. The molecule has 0 aliphatic rings. The Bertz CT molecular complexity index is 2650. The summed E-state index contributed by atoms with van der Waals surface area (Å²) in [6.07, 6.45) is 0. The second-order valence-corrected chi connectivity index (χ2v) is 13.3. The Morgan fingerprint density at radius 2 is 0.831 bits per heavy atom. The molecule has 0 aliphatic carbocycles. The van der Waals surface area contributed by atoms with E-state index in [4.69, 9.17) is 33.7 Å². The van der Waals surface area contributed by atoms with E-state index in [0.717, 1.165) is 21.9 Å². The highest BCUT2D eigenvalue weighted by atomic mass is 16.5. The van der Waals surface area contributed by atoms with Gasteiger partial charge in [0.15, 0.2) is 23.0 Å². The van der Waals surface area contributed by atoms with Crippen LogP contribution in [0.25, 0.3) is 44.3 Å². The van der Waals surface area contributed by atoms with E-state index in [2.05, 4.69) is 10.6 Å². The molecule has 2 amide bonds. The van der Waals surface area contributed by atoms with Crippen molar-refractivity contribution in [3.63, 3.8) is 0 Å². The predicted octanol–water partition coefficient (Wildman–Crippen LogP) is 10.4. The van der Waals surface area contributed by atoms with E-state index in [9.17, 15) is 9.59 Å². The molecular formula is C48H38N4O7. The van der Waals surface area contributed by atoms with Crippen LogP contribution in [0.1, 0.15) is 20.7 Å². The first-order valence-corrected chi connectivity index (χ1v) is 18.6. The van der Waals surface area contributed by atoms with Gasteiger partial charge in [0.1, 0.15) is 11.5 Å². The quantitative estimate of drug-likeness (QED) is 0.124. The number of rotatable bonds is 12. The van der Waals surface area contributed by atoms with E-state index in [1.807, 2.05) is 84.9 Å². The van der Waals surface area contributed by atoms with Gasteiger partial charge in [0.05, 0.1) is 62.0 Å². The minimum Gasteiger partial charge on any atom is -0.493 e. The van der Waals surface area contributed by atoms with Crippen molar-refractivity contribution in [2.75, 3.05) is 39.1 Å². The van der Waals surface area contributed by atoms with Gasteiger partial charge in [-0.15, -0.1) is 0 Å². The van der Waals surface area contributed by atoms with Crippen molar-refractivity contribution in [3.05, 3.63) is 157 Å². The molecule has 11 nitrogen and oxygen atoms in total. The SMILES string of the molecule is COc1ccc(-c2cc(C(=O)Nc3ccc(Oc4ccc(NC(=O)c5cc(-c6ccc(OC)c(OC)c6)nc6ccccc56)cc4)cc3)c3ccccc3n2)cc1OC. The lowest BCUT2D eigenvalue weighted by Crippen LogP contribution is -2.13. The molecule has 0 spiro atoms. The number of ether oxygens (including phenoxy) is 5. The first kappa shape index (κ1) is 38.0. The van der Waals surface area contributed by atoms with Crippen molar-refractivity contribution < 1.29 is 33.3 Å². The standard InChI is InChI=1S/C48H38N4O7/c1-55-43-23-13-29(25-45(43)57-3)41-27-37(35-9-5-7-11-39(35)51-41)47(53)49-31-15-19-33(20-16-31)59-34-21-17-32(18-22-34)50-48(54)38-28-42(52-40-12-8-6-10-36(38)40)30-14-24-44(56-2)46(26-30)58-4/h5-28H,1-4H3,(H,49,53)(H,50,54). The van der Waals surface area contributed by atoms with Crippen molar-refractivity contribution in [2.24, 2.45) is 0 Å². The lowest BCUT2D eigenvalue weighted by atomic mass is 10.0. The number of methoxy groups -OCH3 is 4. The number of carbonyl (C=O) groups is 2. The lowest BCUT2D eigenvalue weighted by Gasteiger charge is -2.13. The fraction of sp³-hybridized carbons (Fsp3) is 0.0833. The number of anilines is 2. The maximum atomic E-state index is 13.7.